The third kappa shape index (κ3) is 2.63. The molecule has 0 fully saturated rings. The van der Waals surface area contributed by atoms with Crippen molar-refractivity contribution in [3.63, 3.8) is 0 Å². The number of amides is 1. The number of halogens is 1. The maximum absolute atomic E-state index is 12.1. The number of benzene rings is 2. The summed E-state index contributed by atoms with van der Waals surface area (Å²) in [5, 5.41) is 5.44. The minimum atomic E-state index is -0.204. The van der Waals surface area contributed by atoms with E-state index in [0.29, 0.717) is 10.7 Å². The summed E-state index contributed by atoms with van der Waals surface area (Å²) < 4.78 is 0. The fraction of sp³-hybridized carbons (Fsp3) is 0. The zero-order valence-corrected chi connectivity index (χ0v) is 11.3. The summed E-state index contributed by atoms with van der Waals surface area (Å²) in [7, 11) is 0. The Labute approximate surface area is 121 Å². The molecule has 0 atom stereocenters. The average molecular weight is 283 g/mol. The van der Waals surface area contributed by atoms with E-state index in [1.165, 1.54) is 6.20 Å². The highest BCUT2D eigenvalue weighted by molar-refractivity contribution is 6.29. The van der Waals surface area contributed by atoms with Crippen molar-refractivity contribution in [3.8, 4) is 0 Å². The van der Waals surface area contributed by atoms with Crippen molar-refractivity contribution < 1.29 is 4.79 Å². The molecule has 98 valence electrons. The Bertz CT molecular complexity index is 769. The van der Waals surface area contributed by atoms with Crippen molar-refractivity contribution in [1.82, 2.24) is 4.98 Å². The normalized spacial score (nSPS) is 10.4. The molecule has 0 aliphatic rings. The number of hydrogen-bond donors (Lipinski definition) is 1. The fourth-order valence-corrected chi connectivity index (χ4v) is 2.09. The molecule has 0 saturated carbocycles. The second-order valence-electron chi connectivity index (χ2n) is 4.39. The predicted octanol–water partition coefficient (Wildman–Crippen LogP) is 4.14. The van der Waals surface area contributed by atoms with Crippen molar-refractivity contribution in [1.29, 1.82) is 0 Å². The van der Waals surface area contributed by atoms with E-state index >= 15 is 0 Å². The van der Waals surface area contributed by atoms with Crippen LogP contribution in [0.5, 0.6) is 0 Å². The highest BCUT2D eigenvalue weighted by atomic mass is 35.5. The first-order valence-corrected chi connectivity index (χ1v) is 6.52. The summed E-state index contributed by atoms with van der Waals surface area (Å²) in [6.07, 6.45) is 1.46. The van der Waals surface area contributed by atoms with Gasteiger partial charge in [-0.3, -0.25) is 4.79 Å². The molecule has 1 amide bonds. The Kier molecular flexibility index (Phi) is 3.35. The lowest BCUT2D eigenvalue weighted by molar-refractivity contribution is 0.102. The van der Waals surface area contributed by atoms with Crippen molar-refractivity contribution in [3.05, 3.63) is 71.5 Å². The van der Waals surface area contributed by atoms with Crippen LogP contribution in [-0.2, 0) is 0 Å². The molecule has 0 unspecified atom stereocenters. The molecule has 3 nitrogen and oxygen atoms in total. The van der Waals surface area contributed by atoms with Gasteiger partial charge < -0.3 is 5.32 Å². The van der Waals surface area contributed by atoms with Crippen LogP contribution in [0.2, 0.25) is 5.15 Å². The van der Waals surface area contributed by atoms with E-state index in [1.54, 1.807) is 12.1 Å². The summed E-state index contributed by atoms with van der Waals surface area (Å²) in [5.41, 5.74) is 1.23. The van der Waals surface area contributed by atoms with Gasteiger partial charge in [-0.15, -0.1) is 0 Å². The van der Waals surface area contributed by atoms with Gasteiger partial charge in [-0.05, 0) is 35.0 Å². The quantitative estimate of drug-likeness (QED) is 0.718. The number of anilines is 1. The summed E-state index contributed by atoms with van der Waals surface area (Å²) in [5.74, 6) is -0.204. The highest BCUT2D eigenvalue weighted by Gasteiger charge is 2.06. The van der Waals surface area contributed by atoms with Crippen LogP contribution in [0.4, 0.5) is 5.69 Å². The van der Waals surface area contributed by atoms with E-state index < -0.39 is 0 Å². The Morgan fingerprint density at radius 2 is 1.80 bits per heavy atom. The van der Waals surface area contributed by atoms with Crippen LogP contribution in [-0.4, -0.2) is 10.9 Å². The Hall–Kier alpha value is -2.39. The third-order valence-electron chi connectivity index (χ3n) is 3.00. The van der Waals surface area contributed by atoms with Crippen molar-refractivity contribution >= 4 is 34.0 Å². The lowest BCUT2D eigenvalue weighted by Crippen LogP contribution is -2.11. The maximum atomic E-state index is 12.1. The highest BCUT2D eigenvalue weighted by Crippen LogP contribution is 2.19. The van der Waals surface area contributed by atoms with Crippen LogP contribution in [0, 0.1) is 0 Å². The first-order valence-electron chi connectivity index (χ1n) is 6.14. The van der Waals surface area contributed by atoms with Crippen LogP contribution in [0.15, 0.2) is 60.8 Å². The lowest BCUT2D eigenvalue weighted by Gasteiger charge is -2.06. The molecule has 0 saturated heterocycles. The Balaban J connectivity index is 1.85. The van der Waals surface area contributed by atoms with Crippen molar-refractivity contribution in [2.45, 2.75) is 0 Å². The van der Waals surface area contributed by atoms with Crippen molar-refractivity contribution in [2.24, 2.45) is 0 Å². The van der Waals surface area contributed by atoms with E-state index in [9.17, 15) is 4.79 Å². The van der Waals surface area contributed by atoms with Gasteiger partial charge in [0, 0.05) is 11.9 Å². The van der Waals surface area contributed by atoms with Crippen molar-refractivity contribution in [2.75, 3.05) is 5.32 Å². The lowest BCUT2D eigenvalue weighted by atomic mass is 10.1. The van der Waals surface area contributed by atoms with E-state index in [2.05, 4.69) is 10.3 Å². The van der Waals surface area contributed by atoms with Gasteiger partial charge in [0.2, 0.25) is 0 Å². The van der Waals surface area contributed by atoms with E-state index in [0.717, 1.165) is 16.5 Å². The van der Waals surface area contributed by atoms with Gasteiger partial charge in [0.15, 0.2) is 0 Å². The van der Waals surface area contributed by atoms with Crippen LogP contribution in [0.25, 0.3) is 10.8 Å². The Morgan fingerprint density at radius 1 is 1.00 bits per heavy atom. The predicted molar refractivity (Wildman–Crippen MR) is 81.1 cm³/mol. The Morgan fingerprint density at radius 3 is 2.55 bits per heavy atom. The number of aromatic nitrogens is 1. The summed E-state index contributed by atoms with van der Waals surface area (Å²) in [6.45, 7) is 0. The molecule has 20 heavy (non-hydrogen) atoms. The molecule has 1 N–H and O–H groups in total. The van der Waals surface area contributed by atoms with Crippen LogP contribution >= 0.6 is 11.6 Å². The van der Waals surface area contributed by atoms with Crippen LogP contribution < -0.4 is 5.32 Å². The smallest absolute Gasteiger partial charge is 0.257 e. The summed E-state index contributed by atoms with van der Waals surface area (Å²) in [6, 6.07) is 17.0. The number of fused-ring (bicyclic) bond motifs is 1. The fourth-order valence-electron chi connectivity index (χ4n) is 1.98. The van der Waals surface area contributed by atoms with Crippen LogP contribution in [0.3, 0.4) is 0 Å². The molecule has 1 aromatic heterocycles. The van der Waals surface area contributed by atoms with Crippen LogP contribution in [0.1, 0.15) is 10.4 Å². The number of carbonyl (C=O) groups is 1. The number of nitrogens with zero attached hydrogens (tertiary/aromatic N) is 1. The van der Waals surface area contributed by atoms with Gasteiger partial charge in [0.1, 0.15) is 5.15 Å². The maximum Gasteiger partial charge on any atom is 0.257 e. The monoisotopic (exact) mass is 282 g/mol. The minimum Gasteiger partial charge on any atom is -0.322 e. The summed E-state index contributed by atoms with van der Waals surface area (Å²) in [4.78, 5) is 16.0. The van der Waals surface area contributed by atoms with Gasteiger partial charge >= 0.3 is 0 Å². The molecule has 1 heterocycles. The number of pyridine rings is 1. The van der Waals surface area contributed by atoms with Gasteiger partial charge in [-0.1, -0.05) is 41.9 Å². The molecule has 0 bridgehead atoms. The van der Waals surface area contributed by atoms with E-state index in [-0.39, 0.29) is 5.91 Å². The molecule has 4 heteroatoms. The molecule has 3 aromatic rings. The average Bonchev–Trinajstić information content (AvgIpc) is 2.48. The largest absolute Gasteiger partial charge is 0.322 e. The van der Waals surface area contributed by atoms with E-state index in [4.69, 9.17) is 11.6 Å². The molecule has 0 aliphatic heterocycles. The van der Waals surface area contributed by atoms with Gasteiger partial charge in [0.25, 0.3) is 5.91 Å². The zero-order chi connectivity index (χ0) is 13.9. The number of rotatable bonds is 2. The molecule has 0 radical (unpaired) electrons. The van der Waals surface area contributed by atoms with Gasteiger partial charge in [-0.2, -0.15) is 0 Å². The zero-order valence-electron chi connectivity index (χ0n) is 10.5. The topological polar surface area (TPSA) is 42.0 Å². The number of hydrogen-bond acceptors (Lipinski definition) is 2. The van der Waals surface area contributed by atoms with E-state index in [1.807, 2.05) is 42.5 Å². The standard InChI is InChI=1S/C16H11ClN2O/c17-15-8-6-13(10-18-15)16(20)19-14-7-5-11-3-1-2-4-12(11)9-14/h1-10H,(H,19,20). The molecule has 2 aromatic carbocycles. The molecule has 0 aliphatic carbocycles. The summed E-state index contributed by atoms with van der Waals surface area (Å²) >= 11 is 5.70. The third-order valence-corrected chi connectivity index (χ3v) is 3.22. The molecule has 0 spiro atoms. The van der Waals surface area contributed by atoms with Gasteiger partial charge in [0.05, 0.1) is 5.56 Å². The molecular formula is C16H11ClN2O. The van der Waals surface area contributed by atoms with Gasteiger partial charge in [-0.25, -0.2) is 4.98 Å². The SMILES string of the molecule is O=C(Nc1ccc2ccccc2c1)c1ccc(Cl)nc1. The second kappa shape index (κ2) is 5.31. The number of carbonyl (C=O) groups excluding carboxylic acids is 1. The first-order chi connectivity index (χ1) is 9.72. The number of nitrogens with one attached hydrogen (secondary N) is 1. The first kappa shape index (κ1) is 12.6. The molecular weight excluding hydrogens is 272 g/mol. The second-order valence-corrected chi connectivity index (χ2v) is 4.77. The minimum absolute atomic E-state index is 0.204. The molecule has 3 rings (SSSR count).